The first kappa shape index (κ1) is 19.4. The lowest BCUT2D eigenvalue weighted by Gasteiger charge is -2.12. The Morgan fingerprint density at radius 1 is 0.893 bits per heavy atom. The average Bonchev–Trinajstić information content (AvgIpc) is 2.70. The van der Waals surface area contributed by atoms with E-state index in [0.717, 1.165) is 16.6 Å². The zero-order valence-corrected chi connectivity index (χ0v) is 16.6. The van der Waals surface area contributed by atoms with E-state index in [2.05, 4.69) is 9.97 Å². The first-order valence-electron chi connectivity index (χ1n) is 8.74. The lowest BCUT2D eigenvalue weighted by Crippen LogP contribution is -2.05. The van der Waals surface area contributed by atoms with Crippen molar-refractivity contribution in [2.75, 3.05) is 21.3 Å². The third kappa shape index (κ3) is 3.81. The van der Waals surface area contributed by atoms with Gasteiger partial charge < -0.3 is 14.2 Å². The summed E-state index contributed by atoms with van der Waals surface area (Å²) in [5.74, 6) is 1.32. The molecule has 0 fully saturated rings. The van der Waals surface area contributed by atoms with Gasteiger partial charge in [-0.2, -0.15) is 0 Å². The number of methoxy groups -OCH3 is 3. The third-order valence-electron chi connectivity index (χ3n) is 4.34. The molecule has 28 heavy (non-hydrogen) atoms. The van der Waals surface area contributed by atoms with Crippen LogP contribution in [0.3, 0.4) is 0 Å². The Morgan fingerprint density at radius 2 is 1.57 bits per heavy atom. The summed E-state index contributed by atoms with van der Waals surface area (Å²) in [6.45, 7) is 3.76. The highest BCUT2D eigenvalue weighted by molar-refractivity contribution is 6.07. The highest BCUT2D eigenvalue weighted by Gasteiger charge is 2.14. The molecule has 2 aromatic carbocycles. The Morgan fingerprint density at radius 3 is 2.18 bits per heavy atom. The summed E-state index contributed by atoms with van der Waals surface area (Å²) in [4.78, 5) is 21.7. The molecule has 0 saturated heterocycles. The van der Waals surface area contributed by atoms with Gasteiger partial charge in [-0.1, -0.05) is 12.1 Å². The summed E-state index contributed by atoms with van der Waals surface area (Å²) < 4.78 is 16.0. The van der Waals surface area contributed by atoms with Crippen LogP contribution in [0.5, 0.6) is 17.2 Å². The van der Waals surface area contributed by atoms with Crippen LogP contribution < -0.4 is 14.2 Å². The number of nitrogens with zero attached hydrogens (tertiary/aromatic N) is 2. The van der Waals surface area contributed by atoms with E-state index in [4.69, 9.17) is 14.2 Å². The smallest absolute Gasteiger partial charge is 0.206 e. The van der Waals surface area contributed by atoms with Gasteiger partial charge in [0.15, 0.2) is 11.5 Å². The zero-order chi connectivity index (χ0) is 20.3. The van der Waals surface area contributed by atoms with Crippen molar-refractivity contribution >= 4 is 22.9 Å². The Hall–Kier alpha value is -3.41. The molecule has 0 saturated carbocycles. The van der Waals surface area contributed by atoms with Gasteiger partial charge in [-0.25, -0.2) is 9.97 Å². The second-order valence-electron chi connectivity index (χ2n) is 6.31. The number of allylic oxidation sites excluding steroid dienone is 1. The number of benzene rings is 2. The number of hydrogen-bond donors (Lipinski definition) is 0. The lowest BCUT2D eigenvalue weighted by atomic mass is 10.1. The topological polar surface area (TPSA) is 70.5 Å². The number of rotatable bonds is 6. The molecular formula is C22H22N2O4. The fourth-order valence-electron chi connectivity index (χ4n) is 2.93. The summed E-state index contributed by atoms with van der Waals surface area (Å²) >= 11 is 0. The van der Waals surface area contributed by atoms with Crippen LogP contribution in [-0.2, 0) is 0 Å². The van der Waals surface area contributed by atoms with Gasteiger partial charge in [-0.15, -0.1) is 0 Å². The number of fused-ring (bicyclic) bond motifs is 1. The Kier molecular flexibility index (Phi) is 5.59. The van der Waals surface area contributed by atoms with Crippen LogP contribution in [0.25, 0.3) is 17.1 Å². The number of carbonyl (C=O) groups is 1. The van der Waals surface area contributed by atoms with Gasteiger partial charge in [-0.3, -0.25) is 4.79 Å². The largest absolute Gasteiger partial charge is 0.493 e. The molecule has 3 aromatic rings. The monoisotopic (exact) mass is 378 g/mol. The number of ketones is 1. The van der Waals surface area contributed by atoms with Crippen molar-refractivity contribution < 1.29 is 19.0 Å². The molecule has 0 bridgehead atoms. The predicted molar refractivity (Wildman–Crippen MR) is 108 cm³/mol. The van der Waals surface area contributed by atoms with Gasteiger partial charge in [-0.05, 0) is 55.3 Å². The lowest BCUT2D eigenvalue weighted by molar-refractivity contribution is 0.104. The molecule has 0 atom stereocenters. The molecule has 0 unspecified atom stereocenters. The number of ether oxygens (including phenoxy) is 3. The van der Waals surface area contributed by atoms with E-state index in [9.17, 15) is 4.79 Å². The SMILES string of the molecule is COc1cc(/C=C/C(=O)c2nc3cc(C)ccc3nc2C)cc(OC)c1OC. The van der Waals surface area contributed by atoms with E-state index < -0.39 is 0 Å². The van der Waals surface area contributed by atoms with Crippen LogP contribution in [0.1, 0.15) is 27.3 Å². The number of hydrogen-bond acceptors (Lipinski definition) is 6. The summed E-state index contributed by atoms with van der Waals surface area (Å²) in [6, 6.07) is 9.34. The minimum Gasteiger partial charge on any atom is -0.493 e. The van der Waals surface area contributed by atoms with E-state index >= 15 is 0 Å². The molecule has 0 spiro atoms. The second-order valence-corrected chi connectivity index (χ2v) is 6.31. The molecule has 6 heteroatoms. The highest BCUT2D eigenvalue weighted by atomic mass is 16.5. The molecule has 0 N–H and O–H groups in total. The van der Waals surface area contributed by atoms with Crippen LogP contribution in [-0.4, -0.2) is 37.1 Å². The van der Waals surface area contributed by atoms with Crippen molar-refractivity contribution in [1.82, 2.24) is 9.97 Å². The molecule has 1 aromatic heterocycles. The molecule has 0 aliphatic rings. The Bertz CT molecular complexity index is 1050. The second kappa shape index (κ2) is 8.08. The average molecular weight is 378 g/mol. The van der Waals surface area contributed by atoms with Crippen molar-refractivity contribution in [1.29, 1.82) is 0 Å². The van der Waals surface area contributed by atoms with Crippen molar-refractivity contribution in [3.63, 3.8) is 0 Å². The predicted octanol–water partition coefficient (Wildman–Crippen LogP) is 4.17. The number of aromatic nitrogens is 2. The molecule has 3 rings (SSSR count). The summed E-state index contributed by atoms with van der Waals surface area (Å²) in [6.07, 6.45) is 3.16. The first-order valence-corrected chi connectivity index (χ1v) is 8.74. The minimum atomic E-state index is -0.220. The molecule has 6 nitrogen and oxygen atoms in total. The zero-order valence-electron chi connectivity index (χ0n) is 16.6. The number of aryl methyl sites for hydroxylation is 2. The fourth-order valence-corrected chi connectivity index (χ4v) is 2.93. The van der Waals surface area contributed by atoms with Crippen molar-refractivity contribution in [2.24, 2.45) is 0 Å². The molecule has 0 radical (unpaired) electrons. The molecule has 0 amide bonds. The highest BCUT2D eigenvalue weighted by Crippen LogP contribution is 2.38. The van der Waals surface area contributed by atoms with Crippen LogP contribution in [0, 0.1) is 13.8 Å². The standard InChI is InChI=1S/C22H22N2O4/c1-13-6-8-16-17(10-13)24-21(14(2)23-16)18(25)9-7-15-11-19(26-3)22(28-5)20(12-15)27-4/h6-12H,1-5H3/b9-7+. The Balaban J connectivity index is 1.95. The fraction of sp³-hybridized carbons (Fsp3) is 0.227. The van der Waals surface area contributed by atoms with E-state index in [1.54, 1.807) is 46.5 Å². The van der Waals surface area contributed by atoms with Crippen LogP contribution in [0.2, 0.25) is 0 Å². The van der Waals surface area contributed by atoms with Gasteiger partial charge in [0.25, 0.3) is 0 Å². The molecule has 1 heterocycles. The maximum atomic E-state index is 12.7. The van der Waals surface area contributed by atoms with E-state index in [0.29, 0.717) is 34.2 Å². The minimum absolute atomic E-state index is 0.220. The van der Waals surface area contributed by atoms with Crippen LogP contribution in [0.15, 0.2) is 36.4 Å². The molecule has 144 valence electrons. The molecular weight excluding hydrogens is 356 g/mol. The number of carbonyl (C=O) groups excluding carboxylic acids is 1. The molecule has 0 aliphatic heterocycles. The van der Waals surface area contributed by atoms with Gasteiger partial charge in [0.1, 0.15) is 5.69 Å². The van der Waals surface area contributed by atoms with Crippen molar-refractivity contribution in [3.05, 3.63) is 58.9 Å². The third-order valence-corrected chi connectivity index (χ3v) is 4.34. The normalized spacial score (nSPS) is 11.0. The maximum absolute atomic E-state index is 12.7. The maximum Gasteiger partial charge on any atom is 0.206 e. The van der Waals surface area contributed by atoms with E-state index in [-0.39, 0.29) is 5.78 Å². The summed E-state index contributed by atoms with van der Waals surface area (Å²) in [5, 5.41) is 0. The van der Waals surface area contributed by atoms with Gasteiger partial charge in [0, 0.05) is 0 Å². The first-order chi connectivity index (χ1) is 13.5. The summed E-state index contributed by atoms with van der Waals surface area (Å²) in [5.41, 5.74) is 4.21. The quantitative estimate of drug-likeness (QED) is 0.474. The van der Waals surface area contributed by atoms with Gasteiger partial charge >= 0.3 is 0 Å². The van der Waals surface area contributed by atoms with Crippen molar-refractivity contribution in [3.8, 4) is 17.2 Å². The molecule has 0 aliphatic carbocycles. The van der Waals surface area contributed by atoms with E-state index in [1.807, 2.05) is 25.1 Å². The van der Waals surface area contributed by atoms with Crippen LogP contribution >= 0.6 is 0 Å². The van der Waals surface area contributed by atoms with Crippen LogP contribution in [0.4, 0.5) is 0 Å². The van der Waals surface area contributed by atoms with Gasteiger partial charge in [0.2, 0.25) is 11.5 Å². The van der Waals surface area contributed by atoms with E-state index in [1.165, 1.54) is 6.08 Å². The Labute approximate surface area is 163 Å². The van der Waals surface area contributed by atoms with Gasteiger partial charge in [0.05, 0.1) is 38.1 Å². The van der Waals surface area contributed by atoms with Crippen molar-refractivity contribution in [2.45, 2.75) is 13.8 Å². The summed E-state index contributed by atoms with van der Waals surface area (Å²) in [7, 11) is 4.64.